The van der Waals surface area contributed by atoms with Crippen LogP contribution in [-0.2, 0) is 9.53 Å². The first-order chi connectivity index (χ1) is 6.57. The highest BCUT2D eigenvalue weighted by Crippen LogP contribution is 2.24. The number of nitrogens with zero attached hydrogens (tertiary/aromatic N) is 1. The molecule has 4 heteroatoms. The van der Waals surface area contributed by atoms with Crippen LogP contribution in [-0.4, -0.2) is 30.6 Å². The van der Waals surface area contributed by atoms with Crippen LogP contribution in [0.4, 0.5) is 4.39 Å². The van der Waals surface area contributed by atoms with Gasteiger partial charge in [-0.1, -0.05) is 13.8 Å². The van der Waals surface area contributed by atoms with Gasteiger partial charge >= 0.3 is 0 Å². The van der Waals surface area contributed by atoms with Crippen molar-refractivity contribution in [3.8, 4) is 0 Å². The van der Waals surface area contributed by atoms with Crippen molar-refractivity contribution in [2.45, 2.75) is 20.8 Å². The summed E-state index contributed by atoms with van der Waals surface area (Å²) in [6, 6.07) is 0. The van der Waals surface area contributed by atoms with E-state index in [0.717, 1.165) is 0 Å². The van der Waals surface area contributed by atoms with Crippen LogP contribution in [0.25, 0.3) is 0 Å². The number of carbonyl (C=O) groups is 1. The van der Waals surface area contributed by atoms with Crippen LogP contribution in [0.5, 0.6) is 0 Å². The molecule has 1 rings (SSSR count). The van der Waals surface area contributed by atoms with Crippen LogP contribution >= 0.6 is 0 Å². The molecule has 80 valence electrons. The molecule has 14 heavy (non-hydrogen) atoms. The molecule has 3 nitrogen and oxygen atoms in total. The molecule has 0 aromatic rings. The number of amides is 1. The number of halogens is 1. The molecule has 0 spiro atoms. The van der Waals surface area contributed by atoms with Gasteiger partial charge in [-0.3, -0.25) is 4.79 Å². The van der Waals surface area contributed by atoms with Crippen LogP contribution < -0.4 is 0 Å². The van der Waals surface area contributed by atoms with Gasteiger partial charge < -0.3 is 9.64 Å². The smallest absolute Gasteiger partial charge is 0.223 e. The van der Waals surface area contributed by atoms with Gasteiger partial charge in [0.1, 0.15) is 19.0 Å². The normalized spacial score (nSPS) is 17.4. The second-order valence-corrected chi connectivity index (χ2v) is 3.62. The van der Waals surface area contributed by atoms with Gasteiger partial charge in [0.2, 0.25) is 5.91 Å². The SMILES string of the molecule is CC(=O)N1CCOC(CF)=C1C(C)C. The van der Waals surface area contributed by atoms with Gasteiger partial charge in [-0.15, -0.1) is 0 Å². The van der Waals surface area contributed by atoms with E-state index in [2.05, 4.69) is 0 Å². The monoisotopic (exact) mass is 201 g/mol. The van der Waals surface area contributed by atoms with E-state index in [0.29, 0.717) is 24.6 Å². The lowest BCUT2D eigenvalue weighted by molar-refractivity contribution is -0.129. The summed E-state index contributed by atoms with van der Waals surface area (Å²) in [5.74, 6) is 0.356. The molecule has 0 saturated heterocycles. The summed E-state index contributed by atoms with van der Waals surface area (Å²) in [5.41, 5.74) is 0.686. The van der Waals surface area contributed by atoms with E-state index in [1.807, 2.05) is 13.8 Å². The second-order valence-electron chi connectivity index (χ2n) is 3.62. The van der Waals surface area contributed by atoms with E-state index in [-0.39, 0.29) is 11.8 Å². The van der Waals surface area contributed by atoms with E-state index >= 15 is 0 Å². The van der Waals surface area contributed by atoms with Crippen molar-refractivity contribution >= 4 is 5.91 Å². The fourth-order valence-electron chi connectivity index (χ4n) is 1.67. The largest absolute Gasteiger partial charge is 0.491 e. The van der Waals surface area contributed by atoms with Crippen molar-refractivity contribution in [2.24, 2.45) is 5.92 Å². The van der Waals surface area contributed by atoms with Gasteiger partial charge in [-0.2, -0.15) is 0 Å². The summed E-state index contributed by atoms with van der Waals surface area (Å²) in [5, 5.41) is 0. The molecule has 0 radical (unpaired) electrons. The van der Waals surface area contributed by atoms with Crippen molar-refractivity contribution in [2.75, 3.05) is 19.8 Å². The zero-order chi connectivity index (χ0) is 10.7. The molecular formula is C10H16FNO2. The predicted octanol–water partition coefficient (Wildman–Crippen LogP) is 1.70. The molecule has 0 fully saturated rings. The minimum atomic E-state index is -0.642. The molecule has 0 bridgehead atoms. The minimum Gasteiger partial charge on any atom is -0.491 e. The van der Waals surface area contributed by atoms with Gasteiger partial charge in [0.15, 0.2) is 0 Å². The fourth-order valence-corrected chi connectivity index (χ4v) is 1.67. The first-order valence-corrected chi connectivity index (χ1v) is 4.77. The number of ether oxygens (including phenoxy) is 1. The Morgan fingerprint density at radius 3 is 2.71 bits per heavy atom. The van der Waals surface area contributed by atoms with Crippen molar-refractivity contribution < 1.29 is 13.9 Å². The van der Waals surface area contributed by atoms with Crippen molar-refractivity contribution in [3.05, 3.63) is 11.5 Å². The van der Waals surface area contributed by atoms with Gasteiger partial charge in [0.25, 0.3) is 0 Å². The summed E-state index contributed by atoms with van der Waals surface area (Å²) in [6.07, 6.45) is 0. The van der Waals surface area contributed by atoms with Crippen LogP contribution in [0.2, 0.25) is 0 Å². The van der Waals surface area contributed by atoms with Gasteiger partial charge in [-0.25, -0.2) is 4.39 Å². The highest BCUT2D eigenvalue weighted by atomic mass is 19.1. The number of alkyl halides is 1. The zero-order valence-electron chi connectivity index (χ0n) is 8.84. The van der Waals surface area contributed by atoms with E-state index in [1.165, 1.54) is 6.92 Å². The van der Waals surface area contributed by atoms with Crippen molar-refractivity contribution in [3.63, 3.8) is 0 Å². The number of rotatable bonds is 2. The molecular weight excluding hydrogens is 185 g/mol. The predicted molar refractivity (Wildman–Crippen MR) is 51.2 cm³/mol. The van der Waals surface area contributed by atoms with E-state index in [1.54, 1.807) is 4.90 Å². The first-order valence-electron chi connectivity index (χ1n) is 4.77. The maximum Gasteiger partial charge on any atom is 0.223 e. The number of allylic oxidation sites excluding steroid dienone is 2. The average Bonchev–Trinajstić information content (AvgIpc) is 2.16. The molecule has 0 atom stereocenters. The van der Waals surface area contributed by atoms with Crippen molar-refractivity contribution in [1.29, 1.82) is 0 Å². The minimum absolute atomic E-state index is 0.0528. The standard InChI is InChI=1S/C10H16FNO2/c1-7(2)10-9(6-11)14-5-4-12(10)8(3)13/h7H,4-6H2,1-3H3. The molecule has 1 heterocycles. The Labute approximate surface area is 83.5 Å². The van der Waals surface area contributed by atoms with E-state index in [4.69, 9.17) is 4.74 Å². The molecule has 0 unspecified atom stereocenters. The van der Waals surface area contributed by atoms with Gasteiger partial charge in [0, 0.05) is 6.92 Å². The van der Waals surface area contributed by atoms with E-state index in [9.17, 15) is 9.18 Å². The molecule has 0 aliphatic carbocycles. The molecule has 1 aliphatic rings. The highest BCUT2D eigenvalue weighted by Gasteiger charge is 2.26. The summed E-state index contributed by atoms with van der Waals surface area (Å²) in [7, 11) is 0. The Bertz CT molecular complexity index is 261. The molecule has 0 N–H and O–H groups in total. The summed E-state index contributed by atoms with van der Waals surface area (Å²) < 4.78 is 17.8. The Hall–Kier alpha value is -1.06. The van der Waals surface area contributed by atoms with E-state index < -0.39 is 6.67 Å². The molecule has 0 aromatic carbocycles. The summed E-state index contributed by atoms with van der Waals surface area (Å²) in [6.45, 7) is 5.60. The summed E-state index contributed by atoms with van der Waals surface area (Å²) in [4.78, 5) is 12.9. The maximum absolute atomic E-state index is 12.6. The zero-order valence-corrected chi connectivity index (χ0v) is 8.84. The lowest BCUT2D eigenvalue weighted by Gasteiger charge is -2.32. The maximum atomic E-state index is 12.6. The lowest BCUT2D eigenvalue weighted by Crippen LogP contribution is -2.38. The van der Waals surface area contributed by atoms with Crippen molar-refractivity contribution in [1.82, 2.24) is 4.90 Å². The molecule has 0 aromatic heterocycles. The molecule has 0 saturated carbocycles. The van der Waals surface area contributed by atoms with Crippen LogP contribution in [0.3, 0.4) is 0 Å². The molecule has 1 aliphatic heterocycles. The highest BCUT2D eigenvalue weighted by molar-refractivity contribution is 5.75. The Morgan fingerprint density at radius 1 is 1.64 bits per heavy atom. The lowest BCUT2D eigenvalue weighted by atomic mass is 10.1. The fraction of sp³-hybridized carbons (Fsp3) is 0.700. The number of hydrogen-bond acceptors (Lipinski definition) is 2. The Morgan fingerprint density at radius 2 is 2.29 bits per heavy atom. The quantitative estimate of drug-likeness (QED) is 0.680. The number of hydrogen-bond donors (Lipinski definition) is 0. The first kappa shape index (κ1) is 11.0. The molecule has 1 amide bonds. The van der Waals surface area contributed by atoms with Crippen LogP contribution in [0.1, 0.15) is 20.8 Å². The average molecular weight is 201 g/mol. The Kier molecular flexibility index (Phi) is 3.49. The van der Waals surface area contributed by atoms with Crippen LogP contribution in [0, 0.1) is 5.92 Å². The third-order valence-electron chi connectivity index (χ3n) is 2.22. The third-order valence-corrected chi connectivity index (χ3v) is 2.22. The second kappa shape index (κ2) is 4.44. The third kappa shape index (κ3) is 2.05. The van der Waals surface area contributed by atoms with Gasteiger partial charge in [-0.05, 0) is 5.92 Å². The van der Waals surface area contributed by atoms with Crippen LogP contribution in [0.15, 0.2) is 11.5 Å². The Balaban J connectivity index is 3.02. The van der Waals surface area contributed by atoms with Gasteiger partial charge in [0.05, 0.1) is 12.2 Å². The topological polar surface area (TPSA) is 29.5 Å². The number of carbonyl (C=O) groups excluding carboxylic acids is 1. The summed E-state index contributed by atoms with van der Waals surface area (Å²) >= 11 is 0.